The molecule has 2 rings (SSSR count). The summed E-state index contributed by atoms with van der Waals surface area (Å²) in [6.45, 7) is 4.64. The third-order valence-corrected chi connectivity index (χ3v) is 4.59. The first kappa shape index (κ1) is 18.8. The molecule has 1 aliphatic heterocycles. The average Bonchev–Trinajstić information content (AvgIpc) is 2.48. The molecular formula is C14H20BrClN2O2S. The van der Waals surface area contributed by atoms with Crippen LogP contribution < -0.4 is 10.6 Å². The van der Waals surface area contributed by atoms with Crippen LogP contribution in [0.1, 0.15) is 6.92 Å². The van der Waals surface area contributed by atoms with Gasteiger partial charge in [0.1, 0.15) is 6.04 Å². The van der Waals surface area contributed by atoms with Gasteiger partial charge in [0.25, 0.3) is 0 Å². The van der Waals surface area contributed by atoms with Crippen molar-refractivity contribution < 1.29 is 9.53 Å². The summed E-state index contributed by atoms with van der Waals surface area (Å²) < 4.78 is 6.36. The molecule has 0 radical (unpaired) electrons. The zero-order valence-corrected chi connectivity index (χ0v) is 15.0. The molecule has 1 aromatic rings. The Morgan fingerprint density at radius 1 is 1.52 bits per heavy atom. The number of nitrogens with one attached hydrogen (secondary N) is 2. The molecule has 4 nitrogen and oxygen atoms in total. The van der Waals surface area contributed by atoms with E-state index >= 15 is 0 Å². The smallest absolute Gasteiger partial charge is 0.239 e. The molecule has 2 unspecified atom stereocenters. The number of hydrogen-bond acceptors (Lipinski definition) is 4. The summed E-state index contributed by atoms with van der Waals surface area (Å²) in [6.07, 6.45) is 0. The molecule has 7 heteroatoms. The van der Waals surface area contributed by atoms with Crippen molar-refractivity contribution in [2.24, 2.45) is 0 Å². The molecule has 21 heavy (non-hydrogen) atoms. The fourth-order valence-corrected chi connectivity index (χ4v) is 3.08. The summed E-state index contributed by atoms with van der Waals surface area (Å²) in [4.78, 5) is 13.1. The van der Waals surface area contributed by atoms with E-state index in [1.165, 1.54) is 4.90 Å². The van der Waals surface area contributed by atoms with Gasteiger partial charge in [-0.25, -0.2) is 0 Å². The minimum atomic E-state index is -0.214. The number of amides is 1. The first-order chi connectivity index (χ1) is 9.65. The Morgan fingerprint density at radius 2 is 2.24 bits per heavy atom. The highest BCUT2D eigenvalue weighted by Gasteiger charge is 2.21. The largest absolute Gasteiger partial charge is 0.378 e. The lowest BCUT2D eigenvalue weighted by Crippen LogP contribution is -2.51. The number of rotatable bonds is 5. The molecule has 118 valence electrons. The van der Waals surface area contributed by atoms with Gasteiger partial charge in [0.05, 0.1) is 13.2 Å². The molecule has 1 saturated heterocycles. The minimum Gasteiger partial charge on any atom is -0.378 e. The Labute approximate surface area is 144 Å². The molecular weight excluding hydrogens is 376 g/mol. The summed E-state index contributed by atoms with van der Waals surface area (Å²) in [5, 5.41) is 6.45. The van der Waals surface area contributed by atoms with Gasteiger partial charge in [-0.3, -0.25) is 4.79 Å². The molecule has 2 atom stereocenters. The number of morpholine rings is 1. The van der Waals surface area contributed by atoms with E-state index in [4.69, 9.17) is 4.74 Å². The molecule has 2 N–H and O–H groups in total. The van der Waals surface area contributed by atoms with E-state index in [1.54, 1.807) is 11.8 Å². The Hall–Kier alpha value is -0.270. The van der Waals surface area contributed by atoms with E-state index in [1.807, 2.05) is 12.1 Å². The summed E-state index contributed by atoms with van der Waals surface area (Å²) in [5.74, 6) is 0.0213. The molecule has 1 aromatic carbocycles. The normalized spacial score (nSPS) is 19.4. The van der Waals surface area contributed by atoms with Crippen LogP contribution in [0.2, 0.25) is 0 Å². The standard InChI is InChI=1S/C14H19BrN2O2S.ClH/c1-10(20-12-4-2-11(15)3-5-12)8-17-14(18)13-9-19-7-6-16-13;/h2-5,10,13,16H,6-9H2,1H3,(H,17,18);1H. The number of ether oxygens (including phenoxy) is 1. The molecule has 0 spiro atoms. The van der Waals surface area contributed by atoms with E-state index in [2.05, 4.69) is 45.6 Å². The van der Waals surface area contributed by atoms with Crippen LogP contribution in [-0.2, 0) is 9.53 Å². The number of hydrogen-bond donors (Lipinski definition) is 2. The predicted molar refractivity (Wildman–Crippen MR) is 92.3 cm³/mol. The number of carbonyl (C=O) groups excluding carboxylic acids is 1. The Balaban J connectivity index is 0.00000220. The Morgan fingerprint density at radius 3 is 2.86 bits per heavy atom. The van der Waals surface area contributed by atoms with Crippen molar-refractivity contribution in [1.29, 1.82) is 0 Å². The molecule has 0 saturated carbocycles. The second-order valence-electron chi connectivity index (χ2n) is 4.71. The third-order valence-electron chi connectivity index (χ3n) is 2.95. The summed E-state index contributed by atoms with van der Waals surface area (Å²) in [5.41, 5.74) is 0. The van der Waals surface area contributed by atoms with E-state index < -0.39 is 0 Å². The predicted octanol–water partition coefficient (Wildman–Crippen LogP) is 2.46. The number of carbonyl (C=O) groups is 1. The van der Waals surface area contributed by atoms with Crippen molar-refractivity contribution >= 4 is 46.0 Å². The van der Waals surface area contributed by atoms with Gasteiger partial charge >= 0.3 is 0 Å². The Bertz CT molecular complexity index is 441. The Kier molecular flexibility index (Phi) is 8.66. The minimum absolute atomic E-state index is 0. The van der Waals surface area contributed by atoms with Crippen molar-refractivity contribution in [3.63, 3.8) is 0 Å². The van der Waals surface area contributed by atoms with Gasteiger partial charge in [-0.2, -0.15) is 0 Å². The van der Waals surface area contributed by atoms with Crippen LogP contribution in [0.25, 0.3) is 0 Å². The van der Waals surface area contributed by atoms with Gasteiger partial charge in [-0.15, -0.1) is 24.2 Å². The van der Waals surface area contributed by atoms with E-state index in [0.29, 0.717) is 25.0 Å². The van der Waals surface area contributed by atoms with Crippen LogP contribution in [0, 0.1) is 0 Å². The second-order valence-corrected chi connectivity index (χ2v) is 7.14. The molecule has 1 fully saturated rings. The van der Waals surface area contributed by atoms with Gasteiger partial charge < -0.3 is 15.4 Å². The van der Waals surface area contributed by atoms with Crippen molar-refractivity contribution in [1.82, 2.24) is 10.6 Å². The molecule has 0 aromatic heterocycles. The van der Waals surface area contributed by atoms with Crippen molar-refractivity contribution in [3.8, 4) is 0 Å². The van der Waals surface area contributed by atoms with Crippen molar-refractivity contribution in [3.05, 3.63) is 28.7 Å². The maximum atomic E-state index is 11.9. The van der Waals surface area contributed by atoms with Crippen LogP contribution in [-0.4, -0.2) is 43.5 Å². The molecule has 1 heterocycles. The van der Waals surface area contributed by atoms with Crippen molar-refractivity contribution in [2.45, 2.75) is 23.1 Å². The van der Waals surface area contributed by atoms with E-state index in [9.17, 15) is 4.79 Å². The fourth-order valence-electron chi connectivity index (χ4n) is 1.89. The highest BCUT2D eigenvalue weighted by Crippen LogP contribution is 2.24. The van der Waals surface area contributed by atoms with Gasteiger partial charge in [-0.05, 0) is 24.3 Å². The number of halogens is 2. The average molecular weight is 396 g/mol. The van der Waals surface area contributed by atoms with Crippen LogP contribution in [0.4, 0.5) is 0 Å². The van der Waals surface area contributed by atoms with Gasteiger partial charge in [-0.1, -0.05) is 22.9 Å². The lowest BCUT2D eigenvalue weighted by atomic mass is 10.2. The SMILES string of the molecule is CC(CNC(=O)C1COCCN1)Sc1ccc(Br)cc1.Cl. The van der Waals surface area contributed by atoms with Gasteiger partial charge in [0.15, 0.2) is 0 Å². The molecule has 1 aliphatic rings. The van der Waals surface area contributed by atoms with Crippen LogP contribution in [0.15, 0.2) is 33.6 Å². The first-order valence-corrected chi connectivity index (χ1v) is 8.33. The topological polar surface area (TPSA) is 50.4 Å². The summed E-state index contributed by atoms with van der Waals surface area (Å²) in [6, 6.07) is 7.98. The number of thioether (sulfide) groups is 1. The molecule has 0 bridgehead atoms. The van der Waals surface area contributed by atoms with Crippen LogP contribution >= 0.6 is 40.1 Å². The molecule has 1 amide bonds. The summed E-state index contributed by atoms with van der Waals surface area (Å²) in [7, 11) is 0. The highest BCUT2D eigenvalue weighted by atomic mass is 79.9. The first-order valence-electron chi connectivity index (χ1n) is 6.66. The van der Waals surface area contributed by atoms with Crippen LogP contribution in [0.3, 0.4) is 0 Å². The van der Waals surface area contributed by atoms with E-state index in [0.717, 1.165) is 11.0 Å². The van der Waals surface area contributed by atoms with Gasteiger partial charge in [0.2, 0.25) is 5.91 Å². The second kappa shape index (κ2) is 9.69. The lowest BCUT2D eigenvalue weighted by molar-refractivity contribution is -0.125. The van der Waals surface area contributed by atoms with Crippen molar-refractivity contribution in [2.75, 3.05) is 26.3 Å². The maximum Gasteiger partial charge on any atom is 0.239 e. The zero-order chi connectivity index (χ0) is 14.4. The fraction of sp³-hybridized carbons (Fsp3) is 0.500. The van der Waals surface area contributed by atoms with Gasteiger partial charge in [0, 0.05) is 27.7 Å². The zero-order valence-electron chi connectivity index (χ0n) is 11.8. The number of benzene rings is 1. The third kappa shape index (κ3) is 6.57. The van der Waals surface area contributed by atoms with Crippen LogP contribution in [0.5, 0.6) is 0 Å². The monoisotopic (exact) mass is 394 g/mol. The van der Waals surface area contributed by atoms with E-state index in [-0.39, 0.29) is 24.4 Å². The lowest BCUT2D eigenvalue weighted by Gasteiger charge is -2.23. The maximum absolute atomic E-state index is 11.9. The highest BCUT2D eigenvalue weighted by molar-refractivity contribution is 9.10. The summed E-state index contributed by atoms with van der Waals surface area (Å²) >= 11 is 5.17. The quantitative estimate of drug-likeness (QED) is 0.752. The molecule has 0 aliphatic carbocycles.